The summed E-state index contributed by atoms with van der Waals surface area (Å²) in [4.78, 5) is 14.2. The number of nitrogens with zero attached hydrogens (tertiary/aromatic N) is 1. The molecule has 1 aromatic rings. The van der Waals surface area contributed by atoms with E-state index in [1.165, 1.54) is 0 Å². The highest BCUT2D eigenvalue weighted by Crippen LogP contribution is 2.13. The highest BCUT2D eigenvalue weighted by atomic mass is 16.5. The Bertz CT molecular complexity index is 433. The van der Waals surface area contributed by atoms with Gasteiger partial charge in [-0.3, -0.25) is 9.69 Å². The monoisotopic (exact) mass is 277 g/mol. The van der Waals surface area contributed by atoms with E-state index in [-0.39, 0.29) is 12.0 Å². The first-order valence-corrected chi connectivity index (χ1v) is 7.05. The molecular weight excluding hydrogens is 254 g/mol. The van der Waals surface area contributed by atoms with Crippen LogP contribution in [0.3, 0.4) is 0 Å². The summed E-state index contributed by atoms with van der Waals surface area (Å²) in [6.45, 7) is 2.72. The third kappa shape index (κ3) is 4.30. The Labute approximate surface area is 120 Å². The Morgan fingerprint density at radius 1 is 1.45 bits per heavy atom. The van der Waals surface area contributed by atoms with E-state index in [9.17, 15) is 4.79 Å². The lowest BCUT2D eigenvalue weighted by Crippen LogP contribution is -2.43. The van der Waals surface area contributed by atoms with Crippen LogP contribution in [0.25, 0.3) is 0 Å². The van der Waals surface area contributed by atoms with Crippen LogP contribution in [-0.2, 0) is 16.1 Å². The number of benzene rings is 1. The lowest BCUT2D eigenvalue weighted by atomic mass is 10.1. The van der Waals surface area contributed by atoms with Crippen molar-refractivity contribution >= 4 is 11.6 Å². The second-order valence-corrected chi connectivity index (χ2v) is 5.18. The van der Waals surface area contributed by atoms with Crippen molar-refractivity contribution in [1.82, 2.24) is 4.90 Å². The fourth-order valence-corrected chi connectivity index (χ4v) is 2.48. The van der Waals surface area contributed by atoms with Crippen molar-refractivity contribution in [3.05, 3.63) is 29.8 Å². The van der Waals surface area contributed by atoms with Crippen LogP contribution >= 0.6 is 0 Å². The molecule has 0 aliphatic carbocycles. The van der Waals surface area contributed by atoms with Crippen LogP contribution in [0.15, 0.2) is 24.3 Å². The molecule has 0 aromatic heterocycles. The van der Waals surface area contributed by atoms with Crippen LogP contribution in [0, 0.1) is 0 Å². The first kappa shape index (κ1) is 15.0. The Morgan fingerprint density at radius 2 is 2.20 bits per heavy atom. The van der Waals surface area contributed by atoms with Gasteiger partial charge in [0.05, 0.1) is 12.6 Å². The largest absolute Gasteiger partial charge is 0.380 e. The molecule has 5 heteroatoms. The van der Waals surface area contributed by atoms with Gasteiger partial charge < -0.3 is 15.8 Å². The molecule has 1 amide bonds. The lowest BCUT2D eigenvalue weighted by molar-refractivity contribution is -0.118. The van der Waals surface area contributed by atoms with E-state index in [1.807, 2.05) is 24.3 Å². The molecule has 1 atom stereocenters. The number of ether oxygens (including phenoxy) is 1. The fraction of sp³-hybridized carbons (Fsp3) is 0.533. The second-order valence-electron chi connectivity index (χ2n) is 5.18. The minimum absolute atomic E-state index is 0.0160. The Hall–Kier alpha value is -1.43. The maximum atomic E-state index is 12.0. The topological polar surface area (TPSA) is 67.6 Å². The minimum Gasteiger partial charge on any atom is -0.380 e. The summed E-state index contributed by atoms with van der Waals surface area (Å²) in [5.74, 6) is 0.0160. The van der Waals surface area contributed by atoms with Crippen LogP contribution in [0.5, 0.6) is 0 Å². The standard InChI is InChI=1S/C15H23N3O2/c1-20-14-3-2-8-18(10-14)11-15(19)17-13-6-4-12(9-16)5-7-13/h4-7,14H,2-3,8-11,16H2,1H3,(H,17,19). The van der Waals surface area contributed by atoms with E-state index >= 15 is 0 Å². The number of nitrogens with two attached hydrogens (primary N) is 1. The van der Waals surface area contributed by atoms with Gasteiger partial charge in [-0.05, 0) is 37.1 Å². The summed E-state index contributed by atoms with van der Waals surface area (Å²) in [6, 6.07) is 7.62. The molecule has 110 valence electrons. The van der Waals surface area contributed by atoms with Gasteiger partial charge in [0.15, 0.2) is 0 Å². The molecule has 0 radical (unpaired) electrons. The predicted molar refractivity (Wildman–Crippen MR) is 79.4 cm³/mol. The average Bonchev–Trinajstić information content (AvgIpc) is 2.48. The third-order valence-corrected chi connectivity index (χ3v) is 3.64. The number of nitrogens with one attached hydrogen (secondary N) is 1. The van der Waals surface area contributed by atoms with Crippen molar-refractivity contribution in [2.45, 2.75) is 25.5 Å². The van der Waals surface area contributed by atoms with Gasteiger partial charge in [0.25, 0.3) is 0 Å². The highest BCUT2D eigenvalue weighted by molar-refractivity contribution is 5.92. The quantitative estimate of drug-likeness (QED) is 0.848. The first-order valence-electron chi connectivity index (χ1n) is 7.05. The molecule has 1 aliphatic rings. The first-order chi connectivity index (χ1) is 9.71. The second kappa shape index (κ2) is 7.38. The lowest BCUT2D eigenvalue weighted by Gasteiger charge is -2.31. The number of piperidine rings is 1. The van der Waals surface area contributed by atoms with Gasteiger partial charge in [-0.2, -0.15) is 0 Å². The normalized spacial score (nSPS) is 19.8. The number of hydrogen-bond donors (Lipinski definition) is 2. The van der Waals surface area contributed by atoms with E-state index in [0.29, 0.717) is 13.1 Å². The number of methoxy groups -OCH3 is 1. The molecule has 1 unspecified atom stereocenters. The number of anilines is 1. The van der Waals surface area contributed by atoms with Gasteiger partial charge in [-0.25, -0.2) is 0 Å². The number of hydrogen-bond acceptors (Lipinski definition) is 4. The molecule has 0 spiro atoms. The molecule has 2 rings (SSSR count). The molecule has 20 heavy (non-hydrogen) atoms. The number of amides is 1. The molecule has 1 saturated heterocycles. The van der Waals surface area contributed by atoms with Crippen molar-refractivity contribution in [3.63, 3.8) is 0 Å². The van der Waals surface area contributed by atoms with E-state index in [2.05, 4.69) is 10.2 Å². The smallest absolute Gasteiger partial charge is 0.238 e. The van der Waals surface area contributed by atoms with Crippen molar-refractivity contribution in [3.8, 4) is 0 Å². The van der Waals surface area contributed by atoms with Crippen LogP contribution in [0.4, 0.5) is 5.69 Å². The van der Waals surface area contributed by atoms with Crippen LogP contribution in [0.1, 0.15) is 18.4 Å². The van der Waals surface area contributed by atoms with Crippen LogP contribution < -0.4 is 11.1 Å². The zero-order valence-electron chi connectivity index (χ0n) is 12.0. The van der Waals surface area contributed by atoms with Gasteiger partial charge in [-0.15, -0.1) is 0 Å². The summed E-state index contributed by atoms with van der Waals surface area (Å²) in [6.07, 6.45) is 2.41. The Balaban J connectivity index is 1.82. The molecule has 1 aromatic carbocycles. The number of likely N-dealkylation sites (tertiary alicyclic amines) is 1. The molecule has 0 bridgehead atoms. The average molecular weight is 277 g/mol. The molecule has 1 heterocycles. The number of carbonyl (C=O) groups excluding carboxylic acids is 1. The SMILES string of the molecule is COC1CCCN(CC(=O)Nc2ccc(CN)cc2)C1. The summed E-state index contributed by atoms with van der Waals surface area (Å²) >= 11 is 0. The maximum absolute atomic E-state index is 12.0. The maximum Gasteiger partial charge on any atom is 0.238 e. The van der Waals surface area contributed by atoms with Crippen LogP contribution in [-0.4, -0.2) is 43.7 Å². The van der Waals surface area contributed by atoms with E-state index in [4.69, 9.17) is 10.5 Å². The molecule has 0 saturated carbocycles. The van der Waals surface area contributed by atoms with Gasteiger partial charge >= 0.3 is 0 Å². The Morgan fingerprint density at radius 3 is 2.85 bits per heavy atom. The zero-order valence-corrected chi connectivity index (χ0v) is 12.0. The van der Waals surface area contributed by atoms with Crippen molar-refractivity contribution < 1.29 is 9.53 Å². The molecular formula is C15H23N3O2. The summed E-state index contributed by atoms with van der Waals surface area (Å²) in [5, 5.41) is 2.91. The van der Waals surface area contributed by atoms with Crippen molar-refractivity contribution in [2.75, 3.05) is 32.1 Å². The zero-order chi connectivity index (χ0) is 14.4. The summed E-state index contributed by atoms with van der Waals surface area (Å²) in [5.41, 5.74) is 7.42. The Kier molecular flexibility index (Phi) is 5.52. The van der Waals surface area contributed by atoms with Gasteiger partial charge in [0.2, 0.25) is 5.91 Å². The van der Waals surface area contributed by atoms with Crippen molar-refractivity contribution in [1.29, 1.82) is 0 Å². The number of rotatable bonds is 5. The highest BCUT2D eigenvalue weighted by Gasteiger charge is 2.21. The van der Waals surface area contributed by atoms with E-state index in [0.717, 1.165) is 37.2 Å². The third-order valence-electron chi connectivity index (χ3n) is 3.64. The van der Waals surface area contributed by atoms with Gasteiger partial charge in [0.1, 0.15) is 0 Å². The number of carbonyl (C=O) groups is 1. The van der Waals surface area contributed by atoms with E-state index in [1.54, 1.807) is 7.11 Å². The predicted octanol–water partition coefficient (Wildman–Crippen LogP) is 1.19. The summed E-state index contributed by atoms with van der Waals surface area (Å²) in [7, 11) is 1.73. The van der Waals surface area contributed by atoms with Gasteiger partial charge in [-0.1, -0.05) is 12.1 Å². The molecule has 1 aliphatic heterocycles. The fourth-order valence-electron chi connectivity index (χ4n) is 2.48. The molecule has 1 fully saturated rings. The van der Waals surface area contributed by atoms with Gasteiger partial charge in [0, 0.05) is 25.9 Å². The minimum atomic E-state index is 0.0160. The van der Waals surface area contributed by atoms with Crippen LogP contribution in [0.2, 0.25) is 0 Å². The summed E-state index contributed by atoms with van der Waals surface area (Å²) < 4.78 is 5.36. The molecule has 3 N–H and O–H groups in total. The van der Waals surface area contributed by atoms with E-state index < -0.39 is 0 Å². The van der Waals surface area contributed by atoms with Crippen molar-refractivity contribution in [2.24, 2.45) is 5.73 Å². The molecule has 5 nitrogen and oxygen atoms in total.